The highest BCUT2D eigenvalue weighted by molar-refractivity contribution is 6.30. The molecule has 0 bridgehead atoms. The molecule has 68 valence electrons. The highest BCUT2D eigenvalue weighted by Gasteiger charge is 2.11. The Morgan fingerprint density at radius 3 is 2.69 bits per heavy atom. The molecule has 0 aromatic heterocycles. The lowest BCUT2D eigenvalue weighted by Crippen LogP contribution is -1.95. The lowest BCUT2D eigenvalue weighted by molar-refractivity contribution is 0.556. The third-order valence-electron chi connectivity index (χ3n) is 1.66. The highest BCUT2D eigenvalue weighted by atomic mass is 35.5. The summed E-state index contributed by atoms with van der Waals surface area (Å²) >= 11 is 5.47. The Bertz CT molecular complexity index is 353. The minimum Gasteiger partial charge on any atom is -0.207 e. The van der Waals surface area contributed by atoms with Crippen molar-refractivity contribution >= 4 is 11.6 Å². The van der Waals surface area contributed by atoms with Crippen molar-refractivity contribution in [1.29, 1.82) is 0 Å². The van der Waals surface area contributed by atoms with E-state index in [1.165, 1.54) is 6.07 Å². The minimum absolute atomic E-state index is 0.0366. The molecule has 1 rings (SSSR count). The van der Waals surface area contributed by atoms with Gasteiger partial charge in [0.1, 0.15) is 11.6 Å². The summed E-state index contributed by atoms with van der Waals surface area (Å²) in [5.74, 6) is 1.00. The molecule has 0 atom stereocenters. The molecule has 0 saturated carbocycles. The maximum atomic E-state index is 13.1. The number of terminal acetylenes is 1. The highest BCUT2D eigenvalue weighted by Crippen LogP contribution is 2.21. The van der Waals surface area contributed by atoms with E-state index < -0.39 is 11.6 Å². The number of halogens is 3. The molecule has 0 aliphatic rings. The first-order chi connectivity index (χ1) is 6.16. The molecule has 0 spiro atoms. The lowest BCUT2D eigenvalue weighted by Gasteiger charge is -2.03. The van der Waals surface area contributed by atoms with E-state index in [1.807, 2.05) is 0 Å². The van der Waals surface area contributed by atoms with Gasteiger partial charge in [-0.05, 0) is 18.6 Å². The first-order valence-corrected chi connectivity index (χ1v) is 4.10. The van der Waals surface area contributed by atoms with Crippen molar-refractivity contribution in [3.8, 4) is 12.3 Å². The minimum atomic E-state index is -0.711. The van der Waals surface area contributed by atoms with Crippen molar-refractivity contribution in [3.63, 3.8) is 0 Å². The Hall–Kier alpha value is -1.07. The van der Waals surface area contributed by atoms with Crippen LogP contribution in [-0.2, 0) is 6.42 Å². The molecule has 13 heavy (non-hydrogen) atoms. The van der Waals surface area contributed by atoms with Gasteiger partial charge >= 0.3 is 0 Å². The Morgan fingerprint density at radius 2 is 2.08 bits per heavy atom. The van der Waals surface area contributed by atoms with Crippen molar-refractivity contribution in [3.05, 3.63) is 34.4 Å². The Labute approximate surface area is 80.5 Å². The largest absolute Gasteiger partial charge is 0.207 e. The van der Waals surface area contributed by atoms with Crippen LogP contribution >= 0.6 is 11.6 Å². The molecule has 0 amide bonds. The zero-order valence-electron chi connectivity index (χ0n) is 6.78. The third-order valence-corrected chi connectivity index (χ3v) is 1.95. The first kappa shape index (κ1) is 10.0. The molecule has 0 unspecified atom stereocenters. The molecule has 3 heteroatoms. The van der Waals surface area contributed by atoms with E-state index >= 15 is 0 Å². The van der Waals surface area contributed by atoms with Crippen LogP contribution in [-0.4, -0.2) is 0 Å². The molecule has 1 aromatic carbocycles. The topological polar surface area (TPSA) is 0 Å². The van der Waals surface area contributed by atoms with Crippen LogP contribution in [0.25, 0.3) is 0 Å². The monoisotopic (exact) mass is 200 g/mol. The van der Waals surface area contributed by atoms with Gasteiger partial charge in [0.05, 0.1) is 5.02 Å². The van der Waals surface area contributed by atoms with Crippen LogP contribution < -0.4 is 0 Å². The van der Waals surface area contributed by atoms with Crippen molar-refractivity contribution in [2.24, 2.45) is 0 Å². The molecule has 0 fully saturated rings. The second-order valence-corrected chi connectivity index (χ2v) is 2.93. The van der Waals surface area contributed by atoms with Crippen LogP contribution in [0.2, 0.25) is 5.02 Å². The van der Waals surface area contributed by atoms with Gasteiger partial charge in [0, 0.05) is 12.0 Å². The van der Waals surface area contributed by atoms with Gasteiger partial charge in [-0.1, -0.05) is 11.6 Å². The Kier molecular flexibility index (Phi) is 3.27. The maximum absolute atomic E-state index is 13.1. The lowest BCUT2D eigenvalue weighted by atomic mass is 10.1. The summed E-state index contributed by atoms with van der Waals surface area (Å²) in [6.07, 6.45) is 5.46. The number of rotatable bonds is 2. The molecule has 0 aliphatic heterocycles. The van der Waals surface area contributed by atoms with Gasteiger partial charge in [0.25, 0.3) is 0 Å². The van der Waals surface area contributed by atoms with Crippen molar-refractivity contribution in [2.75, 3.05) is 0 Å². The average molecular weight is 201 g/mol. The number of hydrogen-bond donors (Lipinski definition) is 0. The van der Waals surface area contributed by atoms with Gasteiger partial charge in [-0.25, -0.2) is 8.78 Å². The summed E-state index contributed by atoms with van der Waals surface area (Å²) in [5, 5.41) is -0.0755. The van der Waals surface area contributed by atoms with Crippen LogP contribution in [0.1, 0.15) is 12.0 Å². The molecule has 0 heterocycles. The molecule has 0 saturated heterocycles. The fraction of sp³-hybridized carbons (Fsp3) is 0.200. The quantitative estimate of drug-likeness (QED) is 0.508. The summed E-state index contributed by atoms with van der Waals surface area (Å²) in [5.41, 5.74) is -0.0366. The van der Waals surface area contributed by atoms with Crippen molar-refractivity contribution in [2.45, 2.75) is 12.8 Å². The van der Waals surface area contributed by atoms with E-state index in [4.69, 9.17) is 18.0 Å². The second-order valence-electron chi connectivity index (χ2n) is 2.53. The summed E-state index contributed by atoms with van der Waals surface area (Å²) in [7, 11) is 0. The fourth-order valence-corrected chi connectivity index (χ4v) is 1.17. The van der Waals surface area contributed by atoms with E-state index in [1.54, 1.807) is 0 Å². The molecule has 1 aromatic rings. The van der Waals surface area contributed by atoms with Gasteiger partial charge in [-0.2, -0.15) is 0 Å². The van der Waals surface area contributed by atoms with Crippen LogP contribution in [0.15, 0.2) is 12.1 Å². The Balaban J connectivity index is 3.04. The molecular formula is C10H7ClF2. The summed E-state index contributed by atoms with van der Waals surface area (Å²) in [6, 6.07) is 2.32. The van der Waals surface area contributed by atoms with Gasteiger partial charge in [-0.3, -0.25) is 0 Å². The summed E-state index contributed by atoms with van der Waals surface area (Å²) in [6.45, 7) is 0. The zero-order chi connectivity index (χ0) is 9.84. The van der Waals surface area contributed by atoms with Gasteiger partial charge in [-0.15, -0.1) is 12.3 Å². The van der Waals surface area contributed by atoms with Gasteiger partial charge in [0.15, 0.2) is 0 Å². The SMILES string of the molecule is C#CCCc1c(F)ccc(Cl)c1F. The van der Waals surface area contributed by atoms with Crippen LogP contribution in [0.4, 0.5) is 8.78 Å². The van der Waals surface area contributed by atoms with Crippen molar-refractivity contribution < 1.29 is 8.78 Å². The number of benzene rings is 1. The molecule has 0 aliphatic carbocycles. The summed E-state index contributed by atoms with van der Waals surface area (Å²) < 4.78 is 26.1. The van der Waals surface area contributed by atoms with Gasteiger partial charge in [0.2, 0.25) is 0 Å². The predicted molar refractivity (Wildman–Crippen MR) is 48.5 cm³/mol. The third kappa shape index (κ3) is 2.19. The zero-order valence-corrected chi connectivity index (χ0v) is 7.54. The molecular weight excluding hydrogens is 194 g/mol. The van der Waals surface area contributed by atoms with E-state index in [-0.39, 0.29) is 17.0 Å². The summed E-state index contributed by atoms with van der Waals surface area (Å²) in [4.78, 5) is 0. The normalized spacial score (nSPS) is 9.69. The predicted octanol–water partition coefficient (Wildman–Crippen LogP) is 3.18. The smallest absolute Gasteiger partial charge is 0.147 e. The van der Waals surface area contributed by atoms with Gasteiger partial charge < -0.3 is 0 Å². The fourth-order valence-electron chi connectivity index (χ4n) is 0.995. The Morgan fingerprint density at radius 1 is 1.38 bits per heavy atom. The first-order valence-electron chi connectivity index (χ1n) is 3.72. The average Bonchev–Trinajstić information content (AvgIpc) is 2.12. The van der Waals surface area contributed by atoms with Crippen molar-refractivity contribution in [1.82, 2.24) is 0 Å². The standard InChI is InChI=1S/C10H7ClF2/c1-2-3-4-7-9(12)6-5-8(11)10(7)13/h1,5-6H,3-4H2. The van der Waals surface area contributed by atoms with Crippen LogP contribution in [0.3, 0.4) is 0 Å². The van der Waals surface area contributed by atoms with Crippen LogP contribution in [0.5, 0.6) is 0 Å². The maximum Gasteiger partial charge on any atom is 0.147 e. The van der Waals surface area contributed by atoms with Crippen LogP contribution in [0, 0.1) is 24.0 Å². The van der Waals surface area contributed by atoms with E-state index in [2.05, 4.69) is 5.92 Å². The molecule has 0 nitrogen and oxygen atoms in total. The molecule has 0 N–H and O–H groups in total. The van der Waals surface area contributed by atoms with E-state index in [9.17, 15) is 8.78 Å². The molecule has 0 radical (unpaired) electrons. The van der Waals surface area contributed by atoms with E-state index in [0.717, 1.165) is 6.07 Å². The van der Waals surface area contributed by atoms with E-state index in [0.29, 0.717) is 6.42 Å². The second kappa shape index (κ2) is 4.25. The number of hydrogen-bond acceptors (Lipinski definition) is 0.